The van der Waals surface area contributed by atoms with E-state index in [-0.39, 0.29) is 0 Å². The molecule has 0 saturated heterocycles. The molecule has 0 fully saturated rings. The molecule has 4 nitrogen and oxygen atoms in total. The van der Waals surface area contributed by atoms with E-state index in [2.05, 4.69) is 40.8 Å². The van der Waals surface area contributed by atoms with E-state index in [0.29, 0.717) is 12.6 Å². The highest BCUT2D eigenvalue weighted by atomic mass is 15.3. The van der Waals surface area contributed by atoms with Gasteiger partial charge in [0.1, 0.15) is 6.54 Å². The Hall–Kier alpha value is -2.28. The van der Waals surface area contributed by atoms with E-state index in [1.807, 2.05) is 13.8 Å². The van der Waals surface area contributed by atoms with Gasteiger partial charge in [0.15, 0.2) is 0 Å². The van der Waals surface area contributed by atoms with Crippen molar-refractivity contribution < 1.29 is 0 Å². The molecule has 1 unspecified atom stereocenters. The highest BCUT2D eigenvalue weighted by Crippen LogP contribution is 2.33. The van der Waals surface area contributed by atoms with Gasteiger partial charge in [-0.3, -0.25) is 4.68 Å². The lowest BCUT2D eigenvalue weighted by atomic mass is 9.99. The zero-order valence-electron chi connectivity index (χ0n) is 13.3. The van der Waals surface area contributed by atoms with Crippen LogP contribution in [0.5, 0.6) is 0 Å². The third-order valence-corrected chi connectivity index (χ3v) is 4.54. The Morgan fingerprint density at radius 1 is 1.32 bits per heavy atom. The summed E-state index contributed by atoms with van der Waals surface area (Å²) in [7, 11) is 0. The summed E-state index contributed by atoms with van der Waals surface area (Å²) in [6.07, 6.45) is 4.79. The standard InChI is InChI=1S/C18H22N4/c1-13-18(14(2)22(21-13)12-11-19)20-17-10-6-4-8-15-7-3-5-9-16(15)17/h3,5,7,9,17,20H,4,6,8,10,12H2,1-2H3. The van der Waals surface area contributed by atoms with Gasteiger partial charge in [0.25, 0.3) is 0 Å². The van der Waals surface area contributed by atoms with Crippen molar-refractivity contribution in [3.05, 3.63) is 46.8 Å². The summed E-state index contributed by atoms with van der Waals surface area (Å²) < 4.78 is 1.78. The van der Waals surface area contributed by atoms with E-state index in [0.717, 1.165) is 23.5 Å². The molecule has 1 atom stereocenters. The van der Waals surface area contributed by atoms with Gasteiger partial charge in [0.05, 0.1) is 29.2 Å². The molecule has 0 bridgehead atoms. The second-order valence-electron chi connectivity index (χ2n) is 6.00. The number of rotatable bonds is 3. The average molecular weight is 294 g/mol. The first-order chi connectivity index (χ1) is 10.7. The van der Waals surface area contributed by atoms with E-state index in [4.69, 9.17) is 5.26 Å². The number of benzene rings is 1. The highest BCUT2D eigenvalue weighted by Gasteiger charge is 2.21. The van der Waals surface area contributed by atoms with E-state index < -0.39 is 0 Å². The minimum Gasteiger partial charge on any atom is -0.375 e. The molecule has 1 aliphatic carbocycles. The molecule has 0 saturated carbocycles. The van der Waals surface area contributed by atoms with Gasteiger partial charge < -0.3 is 5.32 Å². The summed E-state index contributed by atoms with van der Waals surface area (Å²) in [5, 5.41) is 17.1. The van der Waals surface area contributed by atoms with Crippen LogP contribution in [0, 0.1) is 25.2 Å². The van der Waals surface area contributed by atoms with Crippen molar-refractivity contribution in [1.29, 1.82) is 5.26 Å². The Kier molecular flexibility index (Phi) is 4.15. The second kappa shape index (κ2) is 6.23. The van der Waals surface area contributed by atoms with Crippen molar-refractivity contribution >= 4 is 5.69 Å². The lowest BCUT2D eigenvalue weighted by molar-refractivity contribution is 0.643. The molecular formula is C18H22N4. The number of aromatic nitrogens is 2. The van der Waals surface area contributed by atoms with Crippen LogP contribution in [0.15, 0.2) is 24.3 Å². The fraction of sp³-hybridized carbons (Fsp3) is 0.444. The monoisotopic (exact) mass is 294 g/mol. The number of fused-ring (bicyclic) bond motifs is 1. The molecule has 0 spiro atoms. The van der Waals surface area contributed by atoms with Crippen LogP contribution in [0.4, 0.5) is 5.69 Å². The average Bonchev–Trinajstić information content (AvgIpc) is 2.69. The molecule has 4 heteroatoms. The topological polar surface area (TPSA) is 53.6 Å². The van der Waals surface area contributed by atoms with Crippen molar-refractivity contribution in [2.75, 3.05) is 5.32 Å². The van der Waals surface area contributed by atoms with Gasteiger partial charge >= 0.3 is 0 Å². The number of nitriles is 1. The largest absolute Gasteiger partial charge is 0.375 e. The predicted molar refractivity (Wildman–Crippen MR) is 87.7 cm³/mol. The third-order valence-electron chi connectivity index (χ3n) is 4.54. The molecule has 0 radical (unpaired) electrons. The van der Waals surface area contributed by atoms with Gasteiger partial charge in [0.2, 0.25) is 0 Å². The van der Waals surface area contributed by atoms with E-state index >= 15 is 0 Å². The van der Waals surface area contributed by atoms with Gasteiger partial charge in [-0.15, -0.1) is 0 Å². The molecule has 1 aromatic carbocycles. The third kappa shape index (κ3) is 2.71. The number of hydrogen-bond donors (Lipinski definition) is 1. The maximum absolute atomic E-state index is 8.90. The Morgan fingerprint density at radius 3 is 2.95 bits per heavy atom. The first-order valence-electron chi connectivity index (χ1n) is 7.96. The van der Waals surface area contributed by atoms with Gasteiger partial charge in [-0.2, -0.15) is 10.4 Å². The number of aryl methyl sites for hydroxylation is 2. The van der Waals surface area contributed by atoms with Crippen LogP contribution in [0.1, 0.15) is 47.8 Å². The molecule has 3 rings (SSSR count). The fourth-order valence-electron chi connectivity index (χ4n) is 3.37. The molecule has 2 aromatic rings. The lowest BCUT2D eigenvalue weighted by Gasteiger charge is -2.21. The maximum atomic E-state index is 8.90. The fourth-order valence-corrected chi connectivity index (χ4v) is 3.37. The lowest BCUT2D eigenvalue weighted by Crippen LogP contribution is -2.12. The zero-order chi connectivity index (χ0) is 15.5. The Balaban J connectivity index is 1.92. The van der Waals surface area contributed by atoms with Crippen LogP contribution in [-0.2, 0) is 13.0 Å². The molecule has 114 valence electrons. The van der Waals surface area contributed by atoms with E-state index in [1.54, 1.807) is 4.68 Å². The Morgan fingerprint density at radius 2 is 2.14 bits per heavy atom. The minimum absolute atomic E-state index is 0.301. The molecule has 0 aliphatic heterocycles. The zero-order valence-corrected chi connectivity index (χ0v) is 13.3. The van der Waals surface area contributed by atoms with Gasteiger partial charge in [-0.05, 0) is 44.2 Å². The summed E-state index contributed by atoms with van der Waals surface area (Å²) >= 11 is 0. The van der Waals surface area contributed by atoms with Crippen LogP contribution in [0.2, 0.25) is 0 Å². The second-order valence-corrected chi connectivity index (χ2v) is 6.00. The number of nitrogens with one attached hydrogen (secondary N) is 1. The molecule has 1 heterocycles. The summed E-state index contributed by atoms with van der Waals surface area (Å²) in [5.41, 5.74) is 5.95. The number of anilines is 1. The molecule has 1 aromatic heterocycles. The van der Waals surface area contributed by atoms with Crippen molar-refractivity contribution in [1.82, 2.24) is 9.78 Å². The van der Waals surface area contributed by atoms with Gasteiger partial charge in [-0.25, -0.2) is 0 Å². The quantitative estimate of drug-likeness (QED) is 0.873. The van der Waals surface area contributed by atoms with Crippen LogP contribution >= 0.6 is 0 Å². The first kappa shape index (κ1) is 14.6. The van der Waals surface area contributed by atoms with E-state index in [9.17, 15) is 0 Å². The normalized spacial score (nSPS) is 17.4. The highest BCUT2D eigenvalue weighted by molar-refractivity contribution is 5.54. The molecule has 1 N–H and O–H groups in total. The summed E-state index contributed by atoms with van der Waals surface area (Å²) in [4.78, 5) is 0. The number of nitrogens with zero attached hydrogens (tertiary/aromatic N) is 3. The summed E-state index contributed by atoms with van der Waals surface area (Å²) in [6.45, 7) is 4.34. The molecule has 22 heavy (non-hydrogen) atoms. The summed E-state index contributed by atoms with van der Waals surface area (Å²) in [6, 6.07) is 11.2. The molecule has 0 amide bonds. The van der Waals surface area contributed by atoms with Crippen LogP contribution < -0.4 is 5.32 Å². The van der Waals surface area contributed by atoms with Crippen molar-refractivity contribution in [2.45, 2.75) is 52.1 Å². The van der Waals surface area contributed by atoms with E-state index in [1.165, 1.54) is 30.4 Å². The predicted octanol–water partition coefficient (Wildman–Crippen LogP) is 3.90. The van der Waals surface area contributed by atoms with Crippen LogP contribution in [0.25, 0.3) is 0 Å². The van der Waals surface area contributed by atoms with Crippen molar-refractivity contribution in [3.63, 3.8) is 0 Å². The van der Waals surface area contributed by atoms with Gasteiger partial charge in [0, 0.05) is 0 Å². The Bertz CT molecular complexity index is 708. The maximum Gasteiger partial charge on any atom is 0.128 e. The molecular weight excluding hydrogens is 272 g/mol. The first-order valence-corrected chi connectivity index (χ1v) is 7.96. The SMILES string of the molecule is Cc1nn(CC#N)c(C)c1NC1CCCCc2ccccc21. The Labute approximate surface area is 131 Å². The molecule has 1 aliphatic rings. The van der Waals surface area contributed by atoms with Gasteiger partial charge in [-0.1, -0.05) is 30.7 Å². The van der Waals surface area contributed by atoms with Crippen molar-refractivity contribution in [3.8, 4) is 6.07 Å². The van der Waals surface area contributed by atoms with Crippen LogP contribution in [0.3, 0.4) is 0 Å². The number of hydrogen-bond acceptors (Lipinski definition) is 3. The van der Waals surface area contributed by atoms with Crippen molar-refractivity contribution in [2.24, 2.45) is 0 Å². The minimum atomic E-state index is 0.301. The smallest absolute Gasteiger partial charge is 0.128 e. The summed E-state index contributed by atoms with van der Waals surface area (Å²) in [5.74, 6) is 0. The van der Waals surface area contributed by atoms with Crippen LogP contribution in [-0.4, -0.2) is 9.78 Å².